The molecule has 17 heavy (non-hydrogen) atoms. The fourth-order valence-electron chi connectivity index (χ4n) is 2.26. The first-order chi connectivity index (χ1) is 8.10. The third-order valence-electron chi connectivity index (χ3n) is 3.40. The van der Waals surface area contributed by atoms with Gasteiger partial charge in [0.1, 0.15) is 0 Å². The lowest BCUT2D eigenvalue weighted by atomic mass is 10.0. The summed E-state index contributed by atoms with van der Waals surface area (Å²) >= 11 is 0. The number of anilines is 1. The standard InChI is InChI=1S/C15H26N2/c1-5-6-13(3)17(4)15-8-7-12(2)11-14(15)9-10-16/h7-8,11,13H,5-6,9-10,16H2,1-4H3. The predicted octanol–water partition coefficient (Wildman–Crippen LogP) is 3.12. The molecule has 0 aromatic heterocycles. The largest absolute Gasteiger partial charge is 0.372 e. The lowest BCUT2D eigenvalue weighted by Crippen LogP contribution is -2.29. The fraction of sp³-hybridized carbons (Fsp3) is 0.600. The van der Waals surface area contributed by atoms with E-state index in [0.717, 1.165) is 6.42 Å². The third-order valence-corrected chi connectivity index (χ3v) is 3.40. The van der Waals surface area contributed by atoms with E-state index in [4.69, 9.17) is 5.73 Å². The van der Waals surface area contributed by atoms with Crippen LogP contribution in [0.4, 0.5) is 5.69 Å². The number of hydrogen-bond donors (Lipinski definition) is 1. The topological polar surface area (TPSA) is 29.3 Å². The van der Waals surface area contributed by atoms with Crippen LogP contribution in [-0.2, 0) is 6.42 Å². The van der Waals surface area contributed by atoms with Crippen molar-refractivity contribution in [2.75, 3.05) is 18.5 Å². The first kappa shape index (κ1) is 14.0. The van der Waals surface area contributed by atoms with Crippen LogP contribution in [0.5, 0.6) is 0 Å². The van der Waals surface area contributed by atoms with Crippen molar-refractivity contribution in [2.24, 2.45) is 5.73 Å². The molecule has 0 aliphatic heterocycles. The van der Waals surface area contributed by atoms with Crippen LogP contribution >= 0.6 is 0 Å². The second-order valence-electron chi connectivity index (χ2n) is 4.92. The number of nitrogens with zero attached hydrogens (tertiary/aromatic N) is 1. The van der Waals surface area contributed by atoms with Crippen LogP contribution in [0.1, 0.15) is 37.8 Å². The summed E-state index contributed by atoms with van der Waals surface area (Å²) < 4.78 is 0. The average Bonchev–Trinajstić information content (AvgIpc) is 2.29. The number of rotatable bonds is 6. The monoisotopic (exact) mass is 234 g/mol. The molecule has 2 heteroatoms. The minimum Gasteiger partial charge on any atom is -0.372 e. The van der Waals surface area contributed by atoms with Gasteiger partial charge in [-0.05, 0) is 44.9 Å². The Kier molecular flexibility index (Phi) is 5.49. The van der Waals surface area contributed by atoms with Crippen LogP contribution in [0.15, 0.2) is 18.2 Å². The predicted molar refractivity (Wildman–Crippen MR) is 76.7 cm³/mol. The van der Waals surface area contributed by atoms with Gasteiger partial charge >= 0.3 is 0 Å². The smallest absolute Gasteiger partial charge is 0.0399 e. The zero-order valence-corrected chi connectivity index (χ0v) is 11.7. The Labute approximate surface area is 106 Å². The van der Waals surface area contributed by atoms with E-state index in [2.05, 4.69) is 50.9 Å². The van der Waals surface area contributed by atoms with E-state index in [1.54, 1.807) is 0 Å². The van der Waals surface area contributed by atoms with Gasteiger partial charge in [0, 0.05) is 18.8 Å². The second-order valence-corrected chi connectivity index (χ2v) is 4.92. The minimum atomic E-state index is 0.583. The maximum absolute atomic E-state index is 5.70. The summed E-state index contributed by atoms with van der Waals surface area (Å²) in [6, 6.07) is 7.26. The van der Waals surface area contributed by atoms with Gasteiger partial charge in [0.15, 0.2) is 0 Å². The van der Waals surface area contributed by atoms with Crippen molar-refractivity contribution in [3.8, 4) is 0 Å². The number of aryl methyl sites for hydroxylation is 1. The summed E-state index contributed by atoms with van der Waals surface area (Å²) in [4.78, 5) is 2.38. The third kappa shape index (κ3) is 3.74. The van der Waals surface area contributed by atoms with E-state index < -0.39 is 0 Å². The maximum Gasteiger partial charge on any atom is 0.0399 e. The zero-order chi connectivity index (χ0) is 12.8. The van der Waals surface area contributed by atoms with Crippen molar-refractivity contribution in [1.29, 1.82) is 0 Å². The van der Waals surface area contributed by atoms with Gasteiger partial charge in [-0.3, -0.25) is 0 Å². The molecular formula is C15H26N2. The van der Waals surface area contributed by atoms with Crippen LogP contribution < -0.4 is 10.6 Å². The summed E-state index contributed by atoms with van der Waals surface area (Å²) in [6.07, 6.45) is 3.41. The van der Waals surface area contributed by atoms with Crippen molar-refractivity contribution in [2.45, 2.75) is 46.1 Å². The van der Waals surface area contributed by atoms with Crippen molar-refractivity contribution in [1.82, 2.24) is 0 Å². The highest BCUT2D eigenvalue weighted by atomic mass is 15.1. The zero-order valence-electron chi connectivity index (χ0n) is 11.7. The highest BCUT2D eigenvalue weighted by Gasteiger charge is 2.12. The first-order valence-corrected chi connectivity index (χ1v) is 6.62. The molecule has 0 amide bonds. The Morgan fingerprint density at radius 2 is 2.06 bits per heavy atom. The van der Waals surface area contributed by atoms with Gasteiger partial charge in [0.25, 0.3) is 0 Å². The molecule has 1 rings (SSSR count). The van der Waals surface area contributed by atoms with Gasteiger partial charge in [-0.25, -0.2) is 0 Å². The lowest BCUT2D eigenvalue weighted by Gasteiger charge is -2.29. The van der Waals surface area contributed by atoms with E-state index >= 15 is 0 Å². The molecule has 0 fully saturated rings. The molecule has 1 aromatic rings. The highest BCUT2D eigenvalue weighted by Crippen LogP contribution is 2.24. The Hall–Kier alpha value is -1.02. The summed E-state index contributed by atoms with van der Waals surface area (Å²) in [5.74, 6) is 0. The van der Waals surface area contributed by atoms with Crippen molar-refractivity contribution >= 4 is 5.69 Å². The molecule has 2 N–H and O–H groups in total. The SMILES string of the molecule is CCCC(C)N(C)c1ccc(C)cc1CCN. The Bertz CT molecular complexity index is 347. The van der Waals surface area contributed by atoms with E-state index in [-0.39, 0.29) is 0 Å². The molecule has 0 aliphatic rings. The average molecular weight is 234 g/mol. The van der Waals surface area contributed by atoms with Crippen molar-refractivity contribution in [3.63, 3.8) is 0 Å². The highest BCUT2D eigenvalue weighted by molar-refractivity contribution is 5.55. The van der Waals surface area contributed by atoms with Crippen LogP contribution in [0.3, 0.4) is 0 Å². The van der Waals surface area contributed by atoms with E-state index in [1.165, 1.54) is 29.7 Å². The molecule has 2 nitrogen and oxygen atoms in total. The molecule has 96 valence electrons. The Morgan fingerprint density at radius 1 is 1.35 bits per heavy atom. The molecule has 0 bridgehead atoms. The molecule has 1 unspecified atom stereocenters. The summed E-state index contributed by atoms with van der Waals surface area (Å²) in [7, 11) is 2.19. The van der Waals surface area contributed by atoms with Crippen LogP contribution in [0.25, 0.3) is 0 Å². The fourth-order valence-corrected chi connectivity index (χ4v) is 2.26. The van der Waals surface area contributed by atoms with Gasteiger partial charge in [0.05, 0.1) is 0 Å². The van der Waals surface area contributed by atoms with Crippen molar-refractivity contribution in [3.05, 3.63) is 29.3 Å². The Morgan fingerprint density at radius 3 is 2.65 bits per heavy atom. The molecule has 0 radical (unpaired) electrons. The summed E-state index contributed by atoms with van der Waals surface area (Å²) in [6.45, 7) is 7.38. The molecule has 0 saturated heterocycles. The van der Waals surface area contributed by atoms with Gasteiger partial charge in [-0.2, -0.15) is 0 Å². The number of hydrogen-bond acceptors (Lipinski definition) is 2. The molecule has 0 aliphatic carbocycles. The Balaban J connectivity index is 2.94. The lowest BCUT2D eigenvalue weighted by molar-refractivity contribution is 0.614. The molecule has 0 saturated carbocycles. The summed E-state index contributed by atoms with van der Waals surface area (Å²) in [5, 5.41) is 0. The molecule has 0 spiro atoms. The van der Waals surface area contributed by atoms with Crippen LogP contribution in [0, 0.1) is 6.92 Å². The molecular weight excluding hydrogens is 208 g/mol. The van der Waals surface area contributed by atoms with Crippen LogP contribution in [0.2, 0.25) is 0 Å². The van der Waals surface area contributed by atoms with Gasteiger partial charge in [0.2, 0.25) is 0 Å². The molecule has 1 aromatic carbocycles. The van der Waals surface area contributed by atoms with Gasteiger partial charge in [-0.15, -0.1) is 0 Å². The first-order valence-electron chi connectivity index (χ1n) is 6.62. The van der Waals surface area contributed by atoms with E-state index in [0.29, 0.717) is 12.6 Å². The van der Waals surface area contributed by atoms with E-state index in [9.17, 15) is 0 Å². The minimum absolute atomic E-state index is 0.583. The maximum atomic E-state index is 5.70. The second kappa shape index (κ2) is 6.65. The molecule has 0 heterocycles. The van der Waals surface area contributed by atoms with Crippen molar-refractivity contribution < 1.29 is 0 Å². The van der Waals surface area contributed by atoms with Crippen LogP contribution in [-0.4, -0.2) is 19.6 Å². The van der Waals surface area contributed by atoms with Gasteiger partial charge < -0.3 is 10.6 Å². The number of nitrogens with two attached hydrogens (primary N) is 1. The molecule has 1 atom stereocenters. The normalized spacial score (nSPS) is 12.5. The summed E-state index contributed by atoms with van der Waals surface area (Å²) in [5.41, 5.74) is 9.72. The number of benzene rings is 1. The van der Waals surface area contributed by atoms with E-state index in [1.807, 2.05) is 0 Å². The van der Waals surface area contributed by atoms with Gasteiger partial charge in [-0.1, -0.05) is 31.0 Å². The quantitative estimate of drug-likeness (QED) is 0.819.